The number of imidazole rings is 1. The fourth-order valence-corrected chi connectivity index (χ4v) is 3.79. The Balaban J connectivity index is 1.36. The Morgan fingerprint density at radius 3 is 2.44 bits per heavy atom. The molecule has 0 spiro atoms. The van der Waals surface area contributed by atoms with E-state index in [0.717, 1.165) is 44.7 Å². The average Bonchev–Trinajstić information content (AvgIpc) is 3.48. The van der Waals surface area contributed by atoms with Crippen LogP contribution in [-0.4, -0.2) is 24.9 Å². The second kappa shape index (κ2) is 7.55. The molecule has 3 aromatic heterocycles. The molecule has 0 aliphatic carbocycles. The first-order chi connectivity index (χ1) is 15.8. The van der Waals surface area contributed by atoms with E-state index in [1.807, 2.05) is 60.8 Å². The first kappa shape index (κ1) is 18.1. The van der Waals surface area contributed by atoms with Gasteiger partial charge in [-0.2, -0.15) is 4.98 Å². The van der Waals surface area contributed by atoms with Gasteiger partial charge in [0.05, 0.1) is 6.33 Å². The zero-order valence-electron chi connectivity index (χ0n) is 17.0. The van der Waals surface area contributed by atoms with E-state index in [1.54, 1.807) is 6.33 Å². The van der Waals surface area contributed by atoms with E-state index < -0.39 is 0 Å². The van der Waals surface area contributed by atoms with Crippen molar-refractivity contribution in [3.8, 4) is 11.3 Å². The molecule has 7 heteroatoms. The summed E-state index contributed by atoms with van der Waals surface area (Å²) >= 11 is 0. The van der Waals surface area contributed by atoms with Gasteiger partial charge < -0.3 is 20.6 Å². The number of aromatic nitrogens is 5. The molecule has 154 valence electrons. The number of nitrogens with zero attached hydrogens (tertiary/aromatic N) is 3. The highest BCUT2D eigenvalue weighted by Gasteiger charge is 2.13. The van der Waals surface area contributed by atoms with Crippen molar-refractivity contribution in [2.75, 3.05) is 10.6 Å². The predicted molar refractivity (Wildman–Crippen MR) is 128 cm³/mol. The van der Waals surface area contributed by atoms with Gasteiger partial charge >= 0.3 is 0 Å². The summed E-state index contributed by atoms with van der Waals surface area (Å²) in [5, 5.41) is 7.87. The van der Waals surface area contributed by atoms with Crippen LogP contribution in [0.25, 0.3) is 33.3 Å². The van der Waals surface area contributed by atoms with Crippen molar-refractivity contribution in [2.45, 2.75) is 0 Å². The van der Waals surface area contributed by atoms with Gasteiger partial charge in [-0.15, -0.1) is 0 Å². The molecule has 0 saturated carbocycles. The second-order valence-electron chi connectivity index (χ2n) is 7.47. The number of fused-ring (bicyclic) bond motifs is 2. The standard InChI is InChI=1S/C25H19N7/c1-2-5-18(6-3-1)29-19-7-4-8-20(14-19)30-25-31-22(23-24(32-25)28-15-27-23)17-9-10-21-16(13-17)11-12-26-21/h1-15,26,29H,(H2,27,28,30,31,32). The molecule has 3 aromatic carbocycles. The minimum atomic E-state index is 0.491. The summed E-state index contributed by atoms with van der Waals surface area (Å²) in [4.78, 5) is 20.2. The highest BCUT2D eigenvalue weighted by atomic mass is 15.1. The number of anilines is 4. The molecule has 3 heterocycles. The number of aromatic amines is 2. The van der Waals surface area contributed by atoms with E-state index >= 15 is 0 Å². The van der Waals surface area contributed by atoms with E-state index in [4.69, 9.17) is 4.98 Å². The third-order valence-corrected chi connectivity index (χ3v) is 5.29. The molecule has 0 radical (unpaired) electrons. The summed E-state index contributed by atoms with van der Waals surface area (Å²) in [5.41, 5.74) is 7.20. The highest BCUT2D eigenvalue weighted by Crippen LogP contribution is 2.29. The third-order valence-electron chi connectivity index (χ3n) is 5.29. The smallest absolute Gasteiger partial charge is 0.229 e. The Labute approximate surface area is 183 Å². The predicted octanol–water partition coefficient (Wildman–Crippen LogP) is 5.99. The molecule has 7 nitrogen and oxygen atoms in total. The van der Waals surface area contributed by atoms with Crippen molar-refractivity contribution in [2.24, 2.45) is 0 Å². The van der Waals surface area contributed by atoms with Crippen molar-refractivity contribution in [3.05, 3.63) is 91.4 Å². The average molecular weight is 417 g/mol. The number of rotatable bonds is 5. The lowest BCUT2D eigenvalue weighted by atomic mass is 10.1. The fourth-order valence-electron chi connectivity index (χ4n) is 3.79. The zero-order chi connectivity index (χ0) is 21.3. The number of hydrogen-bond donors (Lipinski definition) is 4. The summed E-state index contributed by atoms with van der Waals surface area (Å²) in [5.74, 6) is 0.491. The van der Waals surface area contributed by atoms with Gasteiger partial charge in [-0.1, -0.05) is 30.3 Å². The summed E-state index contributed by atoms with van der Waals surface area (Å²) in [6.45, 7) is 0. The van der Waals surface area contributed by atoms with Crippen LogP contribution < -0.4 is 10.6 Å². The molecular formula is C25H19N7. The van der Waals surface area contributed by atoms with Crippen LogP contribution in [0.3, 0.4) is 0 Å². The molecule has 0 aliphatic heterocycles. The van der Waals surface area contributed by atoms with Crippen LogP contribution in [0.1, 0.15) is 0 Å². The van der Waals surface area contributed by atoms with Gasteiger partial charge in [0.2, 0.25) is 5.95 Å². The minimum Gasteiger partial charge on any atom is -0.361 e. The Bertz CT molecular complexity index is 1530. The third kappa shape index (κ3) is 3.41. The quantitative estimate of drug-likeness (QED) is 0.276. The summed E-state index contributed by atoms with van der Waals surface area (Å²) in [7, 11) is 0. The van der Waals surface area contributed by atoms with E-state index in [1.165, 1.54) is 0 Å². The Hall–Kier alpha value is -4.65. The van der Waals surface area contributed by atoms with Gasteiger partial charge in [0.1, 0.15) is 11.2 Å². The van der Waals surface area contributed by atoms with E-state index in [-0.39, 0.29) is 0 Å². The number of H-pyrrole nitrogens is 2. The van der Waals surface area contributed by atoms with Crippen LogP contribution in [-0.2, 0) is 0 Å². The van der Waals surface area contributed by atoms with Crippen LogP contribution in [0, 0.1) is 0 Å². The second-order valence-corrected chi connectivity index (χ2v) is 7.47. The number of nitrogens with one attached hydrogen (secondary N) is 4. The molecule has 6 aromatic rings. The first-order valence-corrected chi connectivity index (χ1v) is 10.3. The zero-order valence-corrected chi connectivity index (χ0v) is 17.0. The molecule has 6 rings (SSSR count). The number of benzene rings is 3. The fraction of sp³-hybridized carbons (Fsp3) is 0. The van der Waals surface area contributed by atoms with Gasteiger partial charge in [-0.25, -0.2) is 9.97 Å². The van der Waals surface area contributed by atoms with Crippen LogP contribution >= 0.6 is 0 Å². The van der Waals surface area contributed by atoms with Crippen molar-refractivity contribution < 1.29 is 0 Å². The van der Waals surface area contributed by atoms with Gasteiger partial charge in [-0.3, -0.25) is 0 Å². The van der Waals surface area contributed by atoms with E-state index in [0.29, 0.717) is 11.6 Å². The molecule has 0 aliphatic rings. The van der Waals surface area contributed by atoms with Crippen LogP contribution in [0.15, 0.2) is 91.4 Å². The molecule has 4 N–H and O–H groups in total. The SMILES string of the molecule is c1ccc(Nc2cccc(Nc3nc(-c4ccc5[nH]ccc5c4)c4[nH]cnc4n3)c2)cc1. The number of para-hydroxylation sites is 1. The summed E-state index contributed by atoms with van der Waals surface area (Å²) in [6, 6.07) is 26.4. The van der Waals surface area contributed by atoms with Crippen LogP contribution in [0.2, 0.25) is 0 Å². The maximum Gasteiger partial charge on any atom is 0.229 e. The Morgan fingerprint density at radius 2 is 1.53 bits per heavy atom. The summed E-state index contributed by atoms with van der Waals surface area (Å²) in [6.07, 6.45) is 3.58. The lowest BCUT2D eigenvalue weighted by Crippen LogP contribution is -2.00. The maximum absolute atomic E-state index is 4.82. The normalized spacial score (nSPS) is 11.1. The minimum absolute atomic E-state index is 0.491. The van der Waals surface area contributed by atoms with Crippen molar-refractivity contribution in [1.82, 2.24) is 24.9 Å². The Kier molecular flexibility index (Phi) is 4.28. The van der Waals surface area contributed by atoms with Crippen LogP contribution in [0.5, 0.6) is 0 Å². The van der Waals surface area contributed by atoms with Crippen molar-refractivity contribution in [3.63, 3.8) is 0 Å². The highest BCUT2D eigenvalue weighted by molar-refractivity contribution is 5.92. The monoisotopic (exact) mass is 417 g/mol. The topological polar surface area (TPSA) is 94.3 Å². The van der Waals surface area contributed by atoms with E-state index in [2.05, 4.69) is 54.8 Å². The van der Waals surface area contributed by atoms with Crippen LogP contribution in [0.4, 0.5) is 23.0 Å². The number of hydrogen-bond acceptors (Lipinski definition) is 5. The molecule has 32 heavy (non-hydrogen) atoms. The molecular weight excluding hydrogens is 398 g/mol. The van der Waals surface area contributed by atoms with E-state index in [9.17, 15) is 0 Å². The van der Waals surface area contributed by atoms with Gasteiger partial charge in [0.25, 0.3) is 0 Å². The molecule has 0 amide bonds. The largest absolute Gasteiger partial charge is 0.361 e. The molecule has 0 unspecified atom stereocenters. The maximum atomic E-state index is 4.82. The molecule has 0 saturated heterocycles. The lowest BCUT2D eigenvalue weighted by molar-refractivity contribution is 1.20. The molecule has 0 bridgehead atoms. The summed E-state index contributed by atoms with van der Waals surface area (Å²) < 4.78 is 0. The van der Waals surface area contributed by atoms with Gasteiger partial charge in [-0.05, 0) is 48.5 Å². The van der Waals surface area contributed by atoms with Gasteiger partial charge in [0.15, 0.2) is 5.65 Å². The first-order valence-electron chi connectivity index (χ1n) is 10.3. The van der Waals surface area contributed by atoms with Crippen molar-refractivity contribution >= 4 is 45.1 Å². The molecule has 0 fully saturated rings. The van der Waals surface area contributed by atoms with Gasteiger partial charge in [0, 0.05) is 39.7 Å². The van der Waals surface area contributed by atoms with Crippen molar-refractivity contribution in [1.29, 1.82) is 0 Å². The molecule has 0 atom stereocenters. The lowest BCUT2D eigenvalue weighted by Gasteiger charge is -2.11. The Morgan fingerprint density at radius 1 is 0.688 bits per heavy atom.